The summed E-state index contributed by atoms with van der Waals surface area (Å²) < 4.78 is 5.73. The maximum Gasteiger partial charge on any atom is 0.221 e. The fourth-order valence-electron chi connectivity index (χ4n) is 2.20. The molecular weight excluding hydrogens is 395 g/mol. The molecule has 1 fully saturated rings. The van der Waals surface area contributed by atoms with Crippen LogP contribution >= 0.6 is 24.0 Å². The molecule has 0 saturated carbocycles. The molecule has 7 heteroatoms. The van der Waals surface area contributed by atoms with Crippen LogP contribution in [0.25, 0.3) is 0 Å². The van der Waals surface area contributed by atoms with Crippen LogP contribution in [-0.2, 0) is 9.53 Å². The molecule has 0 aromatic heterocycles. The van der Waals surface area contributed by atoms with E-state index in [0.29, 0.717) is 19.5 Å². The highest BCUT2D eigenvalue weighted by atomic mass is 127. The van der Waals surface area contributed by atoms with Gasteiger partial charge in [-0.2, -0.15) is 0 Å². The number of ether oxygens (including phenoxy) is 1. The first-order valence-electron chi connectivity index (χ1n) is 8.02. The van der Waals surface area contributed by atoms with Gasteiger partial charge in [0.1, 0.15) is 0 Å². The fourth-order valence-corrected chi connectivity index (χ4v) is 2.20. The predicted molar refractivity (Wildman–Crippen MR) is 101 cm³/mol. The lowest BCUT2D eigenvalue weighted by atomic mass is 10.0. The van der Waals surface area contributed by atoms with Crippen molar-refractivity contribution in [2.75, 3.05) is 32.8 Å². The summed E-state index contributed by atoms with van der Waals surface area (Å²) >= 11 is 0. The first-order valence-corrected chi connectivity index (χ1v) is 8.02. The summed E-state index contributed by atoms with van der Waals surface area (Å²) in [5.41, 5.74) is -0.138. The Morgan fingerprint density at radius 3 is 2.59 bits per heavy atom. The van der Waals surface area contributed by atoms with Gasteiger partial charge in [0.25, 0.3) is 0 Å². The molecule has 22 heavy (non-hydrogen) atoms. The molecule has 0 bridgehead atoms. The zero-order valence-corrected chi connectivity index (χ0v) is 16.4. The topological polar surface area (TPSA) is 74.8 Å². The second kappa shape index (κ2) is 11.9. The van der Waals surface area contributed by atoms with E-state index in [0.717, 1.165) is 44.9 Å². The molecule has 0 aromatic rings. The van der Waals surface area contributed by atoms with Crippen molar-refractivity contribution < 1.29 is 9.53 Å². The Kier molecular flexibility index (Phi) is 11.6. The van der Waals surface area contributed by atoms with Gasteiger partial charge in [-0.25, -0.2) is 0 Å². The van der Waals surface area contributed by atoms with Crippen molar-refractivity contribution in [3.05, 3.63) is 0 Å². The SMILES string of the molecule is CCCNC(=O)CCNC(=NCC1(C)CCCO1)NCC.I. The van der Waals surface area contributed by atoms with Gasteiger partial charge in [-0.1, -0.05) is 6.92 Å². The summed E-state index contributed by atoms with van der Waals surface area (Å²) in [5, 5.41) is 9.25. The van der Waals surface area contributed by atoms with Crippen molar-refractivity contribution in [1.29, 1.82) is 0 Å². The van der Waals surface area contributed by atoms with Gasteiger partial charge >= 0.3 is 0 Å². The Labute approximate surface area is 151 Å². The molecule has 0 aromatic carbocycles. The summed E-state index contributed by atoms with van der Waals surface area (Å²) in [6.45, 7) is 9.76. The Hall–Kier alpha value is -0.570. The van der Waals surface area contributed by atoms with Crippen LogP contribution in [0.5, 0.6) is 0 Å². The van der Waals surface area contributed by atoms with E-state index < -0.39 is 0 Å². The summed E-state index contributed by atoms with van der Waals surface area (Å²) in [6, 6.07) is 0. The molecule has 6 nitrogen and oxygen atoms in total. The van der Waals surface area contributed by atoms with Crippen molar-refractivity contribution in [3.8, 4) is 0 Å². The van der Waals surface area contributed by atoms with E-state index in [9.17, 15) is 4.79 Å². The van der Waals surface area contributed by atoms with Gasteiger partial charge in [0.15, 0.2) is 5.96 Å². The molecular formula is C15H31IN4O2. The van der Waals surface area contributed by atoms with Gasteiger partial charge in [-0.15, -0.1) is 24.0 Å². The molecule has 0 radical (unpaired) electrons. The number of halogens is 1. The van der Waals surface area contributed by atoms with E-state index in [1.54, 1.807) is 0 Å². The van der Waals surface area contributed by atoms with Gasteiger partial charge in [0, 0.05) is 32.7 Å². The molecule has 0 aliphatic carbocycles. The predicted octanol–water partition coefficient (Wildman–Crippen LogP) is 1.64. The maximum atomic E-state index is 11.5. The highest BCUT2D eigenvalue weighted by Gasteiger charge is 2.29. The molecule has 1 aliphatic heterocycles. The molecule has 1 amide bonds. The second-order valence-electron chi connectivity index (χ2n) is 5.62. The molecule has 1 aliphatic rings. The van der Waals surface area contributed by atoms with E-state index in [1.807, 2.05) is 13.8 Å². The lowest BCUT2D eigenvalue weighted by molar-refractivity contribution is -0.120. The van der Waals surface area contributed by atoms with E-state index in [-0.39, 0.29) is 35.5 Å². The van der Waals surface area contributed by atoms with Gasteiger partial charge in [-0.05, 0) is 33.1 Å². The van der Waals surface area contributed by atoms with Gasteiger partial charge in [-0.3, -0.25) is 9.79 Å². The van der Waals surface area contributed by atoms with Crippen LogP contribution in [0.2, 0.25) is 0 Å². The largest absolute Gasteiger partial charge is 0.373 e. The summed E-state index contributed by atoms with van der Waals surface area (Å²) in [5.74, 6) is 0.823. The van der Waals surface area contributed by atoms with E-state index >= 15 is 0 Å². The van der Waals surface area contributed by atoms with Crippen LogP contribution < -0.4 is 16.0 Å². The van der Waals surface area contributed by atoms with Crippen LogP contribution in [0.1, 0.15) is 46.5 Å². The minimum atomic E-state index is -0.138. The average molecular weight is 426 g/mol. The Bertz CT molecular complexity index is 344. The molecule has 1 heterocycles. The standard InChI is InChI=1S/C15H30N4O2.HI/c1-4-9-17-13(20)7-10-18-14(16-5-2)19-12-15(3)8-6-11-21-15;/h4-12H2,1-3H3,(H,17,20)(H2,16,18,19);1H. The van der Waals surface area contributed by atoms with E-state index in [2.05, 4.69) is 27.9 Å². The van der Waals surface area contributed by atoms with Crippen LogP contribution in [0, 0.1) is 0 Å². The van der Waals surface area contributed by atoms with Gasteiger partial charge < -0.3 is 20.7 Å². The fraction of sp³-hybridized carbons (Fsp3) is 0.867. The zero-order chi connectivity index (χ0) is 15.6. The van der Waals surface area contributed by atoms with Crippen molar-refractivity contribution >= 4 is 35.8 Å². The highest BCUT2D eigenvalue weighted by molar-refractivity contribution is 14.0. The Morgan fingerprint density at radius 2 is 2.00 bits per heavy atom. The third-order valence-corrected chi connectivity index (χ3v) is 3.43. The van der Waals surface area contributed by atoms with Gasteiger partial charge in [0.2, 0.25) is 5.91 Å². The maximum absolute atomic E-state index is 11.5. The van der Waals surface area contributed by atoms with Crippen molar-refractivity contribution in [2.45, 2.75) is 52.1 Å². The summed E-state index contributed by atoms with van der Waals surface area (Å²) in [7, 11) is 0. The first-order chi connectivity index (χ1) is 10.1. The molecule has 1 unspecified atom stereocenters. The zero-order valence-electron chi connectivity index (χ0n) is 14.0. The number of carbonyl (C=O) groups excluding carboxylic acids is 1. The number of rotatable bonds is 8. The van der Waals surface area contributed by atoms with E-state index in [4.69, 9.17) is 4.74 Å². The molecule has 1 rings (SSSR count). The number of amides is 1. The minimum Gasteiger partial charge on any atom is -0.373 e. The van der Waals surface area contributed by atoms with Gasteiger partial charge in [0.05, 0.1) is 12.1 Å². The lowest BCUT2D eigenvalue weighted by Gasteiger charge is -2.21. The molecule has 1 saturated heterocycles. The smallest absolute Gasteiger partial charge is 0.221 e. The van der Waals surface area contributed by atoms with Crippen molar-refractivity contribution in [1.82, 2.24) is 16.0 Å². The molecule has 0 spiro atoms. The van der Waals surface area contributed by atoms with Crippen LogP contribution in [0.3, 0.4) is 0 Å². The number of guanidine groups is 1. The van der Waals surface area contributed by atoms with Crippen LogP contribution in [0.4, 0.5) is 0 Å². The summed E-state index contributed by atoms with van der Waals surface area (Å²) in [4.78, 5) is 16.1. The van der Waals surface area contributed by atoms with Crippen LogP contribution in [-0.4, -0.2) is 50.3 Å². The monoisotopic (exact) mass is 426 g/mol. The number of nitrogens with one attached hydrogen (secondary N) is 3. The highest BCUT2D eigenvalue weighted by Crippen LogP contribution is 2.24. The number of carbonyl (C=O) groups is 1. The molecule has 130 valence electrons. The number of nitrogens with zero attached hydrogens (tertiary/aromatic N) is 1. The van der Waals surface area contributed by atoms with Crippen LogP contribution in [0.15, 0.2) is 4.99 Å². The number of hydrogen-bond acceptors (Lipinski definition) is 3. The Morgan fingerprint density at radius 1 is 1.23 bits per heavy atom. The van der Waals surface area contributed by atoms with Crippen molar-refractivity contribution in [2.24, 2.45) is 4.99 Å². The summed E-state index contributed by atoms with van der Waals surface area (Å²) in [6.07, 6.45) is 3.57. The van der Waals surface area contributed by atoms with Crippen molar-refractivity contribution in [3.63, 3.8) is 0 Å². The Balaban J connectivity index is 0.00000441. The quantitative estimate of drug-likeness (QED) is 0.314. The second-order valence-corrected chi connectivity index (χ2v) is 5.62. The normalized spacial score (nSPS) is 21.1. The first kappa shape index (κ1) is 21.4. The average Bonchev–Trinajstić information content (AvgIpc) is 2.90. The minimum absolute atomic E-state index is 0. The number of hydrogen-bond donors (Lipinski definition) is 3. The van der Waals surface area contributed by atoms with E-state index in [1.165, 1.54) is 0 Å². The number of aliphatic imine (C=N–C) groups is 1. The third-order valence-electron chi connectivity index (χ3n) is 3.43. The molecule has 1 atom stereocenters. The third kappa shape index (κ3) is 8.77. The lowest BCUT2D eigenvalue weighted by Crippen LogP contribution is -2.40. The molecule has 3 N–H and O–H groups in total.